The Labute approximate surface area is 111 Å². The van der Waals surface area contributed by atoms with Crippen LogP contribution in [0.1, 0.15) is 53.4 Å². The van der Waals surface area contributed by atoms with Crippen LogP contribution in [0.3, 0.4) is 0 Å². The fraction of sp³-hybridized carbons (Fsp3) is 0.933. The smallest absolute Gasteiger partial charge is 0.0760 e. The molecule has 0 spiro atoms. The summed E-state index contributed by atoms with van der Waals surface area (Å²) in [6.07, 6.45) is 4.72. The molecule has 1 aliphatic heterocycles. The highest BCUT2D eigenvalue weighted by Crippen LogP contribution is 2.35. The lowest BCUT2D eigenvalue weighted by atomic mass is 9.82. The standard InChI is InChI=1S/C15H26N2O/c1-14(2)10-17(11-15(3,4)18-14)13-8-6-5-7-12(13)9-16/h12-13H,5-8,10-11H2,1-4H3. The lowest BCUT2D eigenvalue weighted by Crippen LogP contribution is -2.61. The van der Waals surface area contributed by atoms with Crippen molar-refractivity contribution in [2.45, 2.75) is 70.6 Å². The third kappa shape index (κ3) is 3.05. The number of ether oxygens (including phenoxy) is 1. The monoisotopic (exact) mass is 250 g/mol. The fourth-order valence-corrected chi connectivity index (χ4v) is 3.78. The van der Waals surface area contributed by atoms with E-state index in [4.69, 9.17) is 4.74 Å². The van der Waals surface area contributed by atoms with Crippen molar-refractivity contribution in [1.29, 1.82) is 5.26 Å². The third-order valence-electron chi connectivity index (χ3n) is 4.08. The molecule has 0 aromatic carbocycles. The number of rotatable bonds is 1. The molecule has 3 nitrogen and oxygen atoms in total. The summed E-state index contributed by atoms with van der Waals surface area (Å²) in [6.45, 7) is 10.5. The van der Waals surface area contributed by atoms with E-state index in [2.05, 4.69) is 38.7 Å². The first-order chi connectivity index (χ1) is 8.33. The van der Waals surface area contributed by atoms with Crippen LogP contribution >= 0.6 is 0 Å². The van der Waals surface area contributed by atoms with Gasteiger partial charge in [-0.1, -0.05) is 12.8 Å². The topological polar surface area (TPSA) is 36.3 Å². The Balaban J connectivity index is 2.14. The van der Waals surface area contributed by atoms with Gasteiger partial charge in [0.1, 0.15) is 0 Å². The molecular formula is C15H26N2O. The highest BCUT2D eigenvalue weighted by Gasteiger charge is 2.42. The number of morpholine rings is 1. The van der Waals surface area contributed by atoms with E-state index in [1.54, 1.807) is 0 Å². The van der Waals surface area contributed by atoms with Crippen LogP contribution in [0, 0.1) is 17.2 Å². The van der Waals surface area contributed by atoms with Gasteiger partial charge in [-0.2, -0.15) is 5.26 Å². The molecule has 1 aliphatic carbocycles. The minimum absolute atomic E-state index is 0.112. The van der Waals surface area contributed by atoms with E-state index in [1.807, 2.05) is 0 Å². The third-order valence-corrected chi connectivity index (χ3v) is 4.08. The Kier molecular flexibility index (Phi) is 3.71. The Morgan fingerprint density at radius 2 is 1.61 bits per heavy atom. The van der Waals surface area contributed by atoms with Crippen LogP contribution in [0.4, 0.5) is 0 Å². The van der Waals surface area contributed by atoms with Gasteiger partial charge in [0.15, 0.2) is 0 Å². The van der Waals surface area contributed by atoms with Gasteiger partial charge in [-0.05, 0) is 40.5 Å². The predicted octanol–water partition coefficient (Wildman–Crippen LogP) is 2.96. The van der Waals surface area contributed by atoms with E-state index < -0.39 is 0 Å². The number of nitrogens with zero attached hydrogens (tertiary/aromatic N) is 2. The number of hydrogen-bond acceptors (Lipinski definition) is 3. The summed E-state index contributed by atoms with van der Waals surface area (Å²) in [7, 11) is 0. The van der Waals surface area contributed by atoms with Gasteiger partial charge < -0.3 is 4.74 Å². The molecule has 1 saturated heterocycles. The molecule has 0 aromatic rings. The summed E-state index contributed by atoms with van der Waals surface area (Å²) < 4.78 is 6.13. The highest BCUT2D eigenvalue weighted by molar-refractivity contribution is 5.00. The fourth-order valence-electron chi connectivity index (χ4n) is 3.78. The van der Waals surface area contributed by atoms with Gasteiger partial charge in [-0.15, -0.1) is 0 Å². The summed E-state index contributed by atoms with van der Waals surface area (Å²) in [6, 6.07) is 2.96. The van der Waals surface area contributed by atoms with Crippen molar-refractivity contribution in [3.8, 4) is 6.07 Å². The van der Waals surface area contributed by atoms with Crippen molar-refractivity contribution in [3.63, 3.8) is 0 Å². The lowest BCUT2D eigenvalue weighted by Gasteiger charge is -2.51. The van der Waals surface area contributed by atoms with Crippen LogP contribution in [0.5, 0.6) is 0 Å². The van der Waals surface area contributed by atoms with E-state index in [1.165, 1.54) is 19.3 Å². The van der Waals surface area contributed by atoms with Gasteiger partial charge in [0.2, 0.25) is 0 Å². The quantitative estimate of drug-likeness (QED) is 0.718. The average molecular weight is 250 g/mol. The summed E-state index contributed by atoms with van der Waals surface area (Å²) in [5.74, 6) is 0.212. The molecule has 0 radical (unpaired) electrons. The molecule has 0 aromatic heterocycles. The predicted molar refractivity (Wildman–Crippen MR) is 72.2 cm³/mol. The Bertz CT molecular complexity index is 327. The van der Waals surface area contributed by atoms with Crippen molar-refractivity contribution in [3.05, 3.63) is 0 Å². The SMILES string of the molecule is CC1(C)CN(C2CCCCC2C#N)CC(C)(C)O1. The Morgan fingerprint density at radius 3 is 2.17 bits per heavy atom. The number of hydrogen-bond donors (Lipinski definition) is 0. The van der Waals surface area contributed by atoms with Gasteiger partial charge in [0.05, 0.1) is 23.2 Å². The summed E-state index contributed by atoms with van der Waals surface area (Å²) in [5, 5.41) is 9.34. The van der Waals surface area contributed by atoms with E-state index in [9.17, 15) is 5.26 Å². The molecule has 2 rings (SSSR count). The summed E-state index contributed by atoms with van der Waals surface area (Å²) >= 11 is 0. The van der Waals surface area contributed by atoms with Gasteiger partial charge in [0.25, 0.3) is 0 Å². The molecule has 18 heavy (non-hydrogen) atoms. The Hall–Kier alpha value is -0.590. The van der Waals surface area contributed by atoms with E-state index in [-0.39, 0.29) is 17.1 Å². The van der Waals surface area contributed by atoms with Crippen LogP contribution in [0.2, 0.25) is 0 Å². The van der Waals surface area contributed by atoms with Crippen molar-refractivity contribution < 1.29 is 4.74 Å². The number of nitriles is 1. The zero-order valence-electron chi connectivity index (χ0n) is 12.2. The van der Waals surface area contributed by atoms with Crippen LogP contribution in [0.15, 0.2) is 0 Å². The van der Waals surface area contributed by atoms with Gasteiger partial charge >= 0.3 is 0 Å². The molecule has 102 valence electrons. The molecule has 1 heterocycles. The molecule has 3 heteroatoms. The van der Waals surface area contributed by atoms with Crippen molar-refractivity contribution in [2.24, 2.45) is 5.92 Å². The van der Waals surface area contributed by atoms with Crippen LogP contribution in [-0.2, 0) is 4.74 Å². The molecule has 1 saturated carbocycles. The first-order valence-corrected chi connectivity index (χ1v) is 7.17. The average Bonchev–Trinajstić information content (AvgIpc) is 2.24. The lowest BCUT2D eigenvalue weighted by molar-refractivity contribution is -0.191. The second-order valence-electron chi connectivity index (χ2n) is 7.11. The zero-order chi connectivity index (χ0) is 13.4. The molecule has 0 N–H and O–H groups in total. The zero-order valence-corrected chi connectivity index (χ0v) is 12.2. The summed E-state index contributed by atoms with van der Waals surface area (Å²) in [5.41, 5.74) is -0.224. The first kappa shape index (κ1) is 13.8. The van der Waals surface area contributed by atoms with Gasteiger partial charge in [-0.3, -0.25) is 4.90 Å². The second kappa shape index (κ2) is 4.83. The Morgan fingerprint density at radius 1 is 1.06 bits per heavy atom. The van der Waals surface area contributed by atoms with Crippen molar-refractivity contribution >= 4 is 0 Å². The van der Waals surface area contributed by atoms with E-state index in [0.717, 1.165) is 19.5 Å². The molecular weight excluding hydrogens is 224 g/mol. The maximum Gasteiger partial charge on any atom is 0.0760 e. The van der Waals surface area contributed by atoms with Gasteiger partial charge in [0, 0.05) is 19.1 Å². The van der Waals surface area contributed by atoms with E-state index in [0.29, 0.717) is 6.04 Å². The molecule has 0 amide bonds. The largest absolute Gasteiger partial charge is 0.367 e. The minimum atomic E-state index is -0.112. The van der Waals surface area contributed by atoms with Crippen molar-refractivity contribution in [2.75, 3.05) is 13.1 Å². The minimum Gasteiger partial charge on any atom is -0.367 e. The summed E-state index contributed by atoms with van der Waals surface area (Å²) in [4.78, 5) is 2.51. The van der Waals surface area contributed by atoms with Crippen LogP contribution in [0.25, 0.3) is 0 Å². The first-order valence-electron chi connectivity index (χ1n) is 7.17. The normalized spacial score (nSPS) is 35.9. The van der Waals surface area contributed by atoms with Crippen molar-refractivity contribution in [1.82, 2.24) is 4.90 Å². The second-order valence-corrected chi connectivity index (χ2v) is 7.11. The van der Waals surface area contributed by atoms with Gasteiger partial charge in [-0.25, -0.2) is 0 Å². The van der Waals surface area contributed by atoms with Crippen LogP contribution in [-0.4, -0.2) is 35.2 Å². The van der Waals surface area contributed by atoms with Crippen LogP contribution < -0.4 is 0 Å². The molecule has 2 unspecified atom stereocenters. The maximum atomic E-state index is 9.34. The molecule has 2 aliphatic rings. The van der Waals surface area contributed by atoms with E-state index >= 15 is 0 Å². The highest BCUT2D eigenvalue weighted by atomic mass is 16.5. The molecule has 2 atom stereocenters. The maximum absolute atomic E-state index is 9.34. The molecule has 2 fully saturated rings. The molecule has 0 bridgehead atoms.